The van der Waals surface area contributed by atoms with Crippen molar-refractivity contribution in [3.05, 3.63) is 30.3 Å². The lowest BCUT2D eigenvalue weighted by atomic mass is 10.5. The summed E-state index contributed by atoms with van der Waals surface area (Å²) in [6.45, 7) is 0.552. The first-order valence-electron chi connectivity index (χ1n) is 4.53. The van der Waals surface area contributed by atoms with Crippen LogP contribution in [0.15, 0.2) is 28.8 Å². The molecule has 2 aromatic rings. The highest BCUT2D eigenvalue weighted by Crippen LogP contribution is 2.11. The summed E-state index contributed by atoms with van der Waals surface area (Å²) in [5, 5.41) is 13.5. The van der Waals surface area contributed by atoms with Crippen molar-refractivity contribution in [1.82, 2.24) is 20.5 Å². The zero-order valence-corrected chi connectivity index (χ0v) is 8.27. The second kappa shape index (κ2) is 4.52. The van der Waals surface area contributed by atoms with Crippen molar-refractivity contribution in [1.29, 1.82) is 0 Å². The fraction of sp³-hybridized carbons (Fsp3) is 0.222. The molecule has 0 bridgehead atoms. The van der Waals surface area contributed by atoms with Crippen molar-refractivity contribution < 1.29 is 4.42 Å². The number of hydrogen-bond donors (Lipinski definition) is 2. The molecule has 0 radical (unpaired) electrons. The summed E-state index contributed by atoms with van der Waals surface area (Å²) in [6, 6.07) is 5.88. The summed E-state index contributed by atoms with van der Waals surface area (Å²) in [6.07, 6.45) is 1.69. The van der Waals surface area contributed by atoms with Gasteiger partial charge in [-0.3, -0.25) is 5.32 Å². The Morgan fingerprint density at radius 2 is 2.27 bits per heavy atom. The van der Waals surface area contributed by atoms with Gasteiger partial charge in [0.15, 0.2) is 0 Å². The summed E-state index contributed by atoms with van der Waals surface area (Å²) in [5.41, 5.74) is 0. The minimum Gasteiger partial charge on any atom is -0.406 e. The lowest BCUT2D eigenvalue weighted by Crippen LogP contribution is -2.04. The molecule has 0 unspecified atom stereocenters. The number of rotatable bonds is 4. The number of pyridine rings is 1. The highest BCUT2D eigenvalue weighted by Gasteiger charge is 2.04. The maximum atomic E-state index is 5.29. The van der Waals surface area contributed by atoms with Gasteiger partial charge in [-0.15, -0.1) is 5.10 Å². The number of nitrogens with zero attached hydrogens (tertiary/aromatic N) is 3. The average molecular weight is 205 g/mol. The van der Waals surface area contributed by atoms with Gasteiger partial charge in [-0.25, -0.2) is 4.98 Å². The number of aromatic nitrogens is 3. The van der Waals surface area contributed by atoms with E-state index in [1.807, 2.05) is 25.2 Å². The van der Waals surface area contributed by atoms with Crippen LogP contribution in [0.25, 0.3) is 0 Å². The van der Waals surface area contributed by atoms with E-state index in [2.05, 4.69) is 25.8 Å². The zero-order valence-electron chi connectivity index (χ0n) is 8.27. The lowest BCUT2D eigenvalue weighted by Gasteiger charge is -1.97. The Labute approximate surface area is 86.7 Å². The average Bonchev–Trinajstić information content (AvgIpc) is 2.68. The molecule has 0 aliphatic heterocycles. The molecular weight excluding hydrogens is 194 g/mol. The summed E-state index contributed by atoms with van der Waals surface area (Å²) in [7, 11) is 1.82. The smallest absolute Gasteiger partial charge is 0.321 e. The maximum Gasteiger partial charge on any atom is 0.321 e. The Hall–Kier alpha value is -1.95. The molecule has 15 heavy (non-hydrogen) atoms. The SMILES string of the molecule is CNCc1nnc(Nc2ccccn2)o1. The minimum absolute atomic E-state index is 0.346. The quantitative estimate of drug-likeness (QED) is 0.773. The fourth-order valence-corrected chi connectivity index (χ4v) is 1.07. The number of nitrogens with one attached hydrogen (secondary N) is 2. The molecule has 0 aliphatic rings. The van der Waals surface area contributed by atoms with Crippen molar-refractivity contribution in [3.8, 4) is 0 Å². The number of anilines is 2. The molecule has 6 heteroatoms. The normalized spacial score (nSPS) is 10.2. The molecule has 2 heterocycles. The molecule has 78 valence electrons. The van der Waals surface area contributed by atoms with Crippen LogP contribution in [0, 0.1) is 0 Å². The molecule has 0 atom stereocenters. The molecule has 6 nitrogen and oxygen atoms in total. The van der Waals surface area contributed by atoms with Gasteiger partial charge in [0.2, 0.25) is 5.89 Å². The van der Waals surface area contributed by atoms with Crippen LogP contribution < -0.4 is 10.6 Å². The van der Waals surface area contributed by atoms with Gasteiger partial charge in [0.1, 0.15) is 5.82 Å². The van der Waals surface area contributed by atoms with Crippen LogP contribution in [0.3, 0.4) is 0 Å². The summed E-state index contributed by atoms with van der Waals surface area (Å²) >= 11 is 0. The van der Waals surface area contributed by atoms with Crippen LogP contribution in [-0.2, 0) is 6.54 Å². The Kier molecular flexibility index (Phi) is 2.89. The summed E-state index contributed by atoms with van der Waals surface area (Å²) < 4.78 is 5.29. The summed E-state index contributed by atoms with van der Waals surface area (Å²) in [4.78, 5) is 4.07. The molecule has 0 aliphatic carbocycles. The van der Waals surface area contributed by atoms with Gasteiger partial charge >= 0.3 is 6.01 Å². The molecule has 0 amide bonds. The topological polar surface area (TPSA) is 75.9 Å². The van der Waals surface area contributed by atoms with E-state index < -0.39 is 0 Å². The predicted octanol–water partition coefficient (Wildman–Crippen LogP) is 0.928. The van der Waals surface area contributed by atoms with E-state index in [-0.39, 0.29) is 0 Å². The largest absolute Gasteiger partial charge is 0.406 e. The van der Waals surface area contributed by atoms with Crippen LogP contribution >= 0.6 is 0 Å². The van der Waals surface area contributed by atoms with Crippen molar-refractivity contribution in [2.75, 3.05) is 12.4 Å². The first-order valence-corrected chi connectivity index (χ1v) is 4.53. The molecule has 0 spiro atoms. The molecule has 0 aromatic carbocycles. The van der Waals surface area contributed by atoms with Gasteiger partial charge in [-0.2, -0.15) is 0 Å². The van der Waals surface area contributed by atoms with Crippen LogP contribution in [-0.4, -0.2) is 22.2 Å². The van der Waals surface area contributed by atoms with Crippen molar-refractivity contribution in [3.63, 3.8) is 0 Å². The van der Waals surface area contributed by atoms with E-state index in [1.54, 1.807) is 6.20 Å². The van der Waals surface area contributed by atoms with Gasteiger partial charge in [-0.1, -0.05) is 11.2 Å². The van der Waals surface area contributed by atoms with Crippen LogP contribution in [0.4, 0.5) is 11.8 Å². The van der Waals surface area contributed by atoms with E-state index in [0.29, 0.717) is 24.3 Å². The Morgan fingerprint density at radius 3 is 3.00 bits per heavy atom. The molecule has 0 fully saturated rings. The van der Waals surface area contributed by atoms with Gasteiger partial charge < -0.3 is 9.73 Å². The van der Waals surface area contributed by atoms with E-state index in [4.69, 9.17) is 4.42 Å². The van der Waals surface area contributed by atoms with Crippen molar-refractivity contribution >= 4 is 11.8 Å². The molecule has 2 rings (SSSR count). The fourth-order valence-electron chi connectivity index (χ4n) is 1.07. The van der Waals surface area contributed by atoms with E-state index in [0.717, 1.165) is 0 Å². The molecule has 0 saturated heterocycles. The standard InChI is InChI=1S/C9H11N5O/c1-10-6-8-13-14-9(15-8)12-7-4-2-3-5-11-7/h2-5,10H,6H2,1H3,(H,11,12,14). The predicted molar refractivity (Wildman–Crippen MR) is 54.6 cm³/mol. The second-order valence-electron chi connectivity index (χ2n) is 2.87. The van der Waals surface area contributed by atoms with Gasteiger partial charge in [0.05, 0.1) is 6.54 Å². The van der Waals surface area contributed by atoms with Gasteiger partial charge in [0, 0.05) is 6.20 Å². The van der Waals surface area contributed by atoms with Crippen LogP contribution in [0.2, 0.25) is 0 Å². The lowest BCUT2D eigenvalue weighted by molar-refractivity contribution is 0.492. The molecular formula is C9H11N5O. The Morgan fingerprint density at radius 1 is 1.33 bits per heavy atom. The van der Waals surface area contributed by atoms with E-state index in [9.17, 15) is 0 Å². The first kappa shape index (κ1) is 9.60. The first-order chi connectivity index (χ1) is 7.38. The highest BCUT2D eigenvalue weighted by molar-refractivity contribution is 5.44. The summed E-state index contributed by atoms with van der Waals surface area (Å²) in [5.74, 6) is 1.22. The third kappa shape index (κ3) is 2.50. The maximum absolute atomic E-state index is 5.29. The van der Waals surface area contributed by atoms with Crippen LogP contribution in [0.1, 0.15) is 5.89 Å². The van der Waals surface area contributed by atoms with E-state index in [1.165, 1.54) is 0 Å². The minimum atomic E-state index is 0.346. The monoisotopic (exact) mass is 205 g/mol. The van der Waals surface area contributed by atoms with Gasteiger partial charge in [-0.05, 0) is 19.2 Å². The molecule has 2 aromatic heterocycles. The van der Waals surface area contributed by atoms with E-state index >= 15 is 0 Å². The Bertz CT molecular complexity index is 413. The third-order valence-electron chi connectivity index (χ3n) is 1.69. The second-order valence-corrected chi connectivity index (χ2v) is 2.87. The van der Waals surface area contributed by atoms with Crippen molar-refractivity contribution in [2.24, 2.45) is 0 Å². The van der Waals surface area contributed by atoms with Crippen LogP contribution in [0.5, 0.6) is 0 Å². The van der Waals surface area contributed by atoms with Crippen molar-refractivity contribution in [2.45, 2.75) is 6.54 Å². The highest BCUT2D eigenvalue weighted by atomic mass is 16.4. The molecule has 2 N–H and O–H groups in total. The van der Waals surface area contributed by atoms with Gasteiger partial charge in [0.25, 0.3) is 0 Å². The Balaban J connectivity index is 2.05. The number of hydrogen-bond acceptors (Lipinski definition) is 6. The third-order valence-corrected chi connectivity index (χ3v) is 1.69. The zero-order chi connectivity index (χ0) is 10.5. The molecule has 0 saturated carbocycles.